The van der Waals surface area contributed by atoms with Crippen LogP contribution < -0.4 is 5.32 Å². The smallest absolute Gasteiger partial charge is 0.254 e. The molecule has 1 aromatic heterocycles. The lowest BCUT2D eigenvalue weighted by Crippen LogP contribution is -2.40. The topological polar surface area (TPSA) is 65.2 Å². The van der Waals surface area contributed by atoms with Crippen molar-refractivity contribution in [1.82, 2.24) is 15.2 Å². The van der Waals surface area contributed by atoms with Gasteiger partial charge >= 0.3 is 0 Å². The van der Waals surface area contributed by atoms with Gasteiger partial charge in [0.25, 0.3) is 5.91 Å². The van der Waals surface area contributed by atoms with E-state index in [1.54, 1.807) is 18.0 Å². The summed E-state index contributed by atoms with van der Waals surface area (Å²) in [6.07, 6.45) is 2.65. The maximum Gasteiger partial charge on any atom is 0.254 e. The molecular weight excluding hydrogens is 254 g/mol. The lowest BCUT2D eigenvalue weighted by atomic mass is 10.1. The average Bonchev–Trinajstić information content (AvgIpc) is 2.93. The van der Waals surface area contributed by atoms with Gasteiger partial charge in [0.15, 0.2) is 0 Å². The number of aromatic amines is 1. The molecule has 0 saturated carbocycles. The van der Waals surface area contributed by atoms with Crippen molar-refractivity contribution in [2.24, 2.45) is 0 Å². The number of benzene rings is 1. The number of nitrogens with zero attached hydrogens (tertiary/aromatic N) is 1. The number of aromatic nitrogens is 1. The monoisotopic (exact) mass is 273 g/mol. The van der Waals surface area contributed by atoms with Gasteiger partial charge in [-0.3, -0.25) is 9.59 Å². The number of nitrogens with one attached hydrogen (secondary N) is 2. The van der Waals surface area contributed by atoms with Gasteiger partial charge in [0, 0.05) is 30.9 Å². The molecule has 0 unspecified atom stereocenters. The summed E-state index contributed by atoms with van der Waals surface area (Å²) in [7, 11) is 1.57. The first-order chi connectivity index (χ1) is 9.65. The normalized spacial score (nSPS) is 10.5. The number of likely N-dealkylation sites (N-methyl/N-ethyl adjacent to an activating group) is 1. The van der Waals surface area contributed by atoms with Crippen molar-refractivity contribution in [3.8, 4) is 0 Å². The van der Waals surface area contributed by atoms with Crippen molar-refractivity contribution in [3.63, 3.8) is 0 Å². The van der Waals surface area contributed by atoms with Gasteiger partial charge in [-0.15, -0.1) is 0 Å². The van der Waals surface area contributed by atoms with Crippen LogP contribution >= 0.6 is 0 Å². The Balaban J connectivity index is 2.23. The molecular formula is C15H19N3O2. The summed E-state index contributed by atoms with van der Waals surface area (Å²) in [5.41, 5.74) is 1.52. The maximum atomic E-state index is 12.5. The molecule has 5 heteroatoms. The van der Waals surface area contributed by atoms with E-state index in [1.165, 1.54) is 0 Å². The van der Waals surface area contributed by atoms with Crippen LogP contribution in [-0.2, 0) is 4.79 Å². The predicted molar refractivity (Wildman–Crippen MR) is 78.6 cm³/mol. The first-order valence-corrected chi connectivity index (χ1v) is 6.72. The van der Waals surface area contributed by atoms with Crippen LogP contribution in [0.15, 0.2) is 30.5 Å². The quantitative estimate of drug-likeness (QED) is 0.872. The number of amides is 2. The van der Waals surface area contributed by atoms with Crippen molar-refractivity contribution >= 4 is 22.7 Å². The third kappa shape index (κ3) is 2.99. The zero-order chi connectivity index (χ0) is 14.5. The Morgan fingerprint density at radius 3 is 2.80 bits per heavy atom. The lowest BCUT2D eigenvalue weighted by Gasteiger charge is -2.21. The van der Waals surface area contributed by atoms with Crippen LogP contribution in [0.3, 0.4) is 0 Å². The minimum absolute atomic E-state index is 0.0892. The third-order valence-corrected chi connectivity index (χ3v) is 3.20. The van der Waals surface area contributed by atoms with Crippen LogP contribution in [0.1, 0.15) is 23.7 Å². The third-order valence-electron chi connectivity index (χ3n) is 3.20. The first kappa shape index (κ1) is 14.1. The van der Waals surface area contributed by atoms with Gasteiger partial charge in [0.05, 0.1) is 6.54 Å². The number of rotatable bonds is 5. The molecule has 0 aliphatic rings. The van der Waals surface area contributed by atoms with E-state index in [0.717, 1.165) is 17.3 Å². The molecule has 2 amide bonds. The maximum absolute atomic E-state index is 12.5. The molecule has 0 radical (unpaired) electrons. The number of fused-ring (bicyclic) bond motifs is 1. The summed E-state index contributed by atoms with van der Waals surface area (Å²) >= 11 is 0. The number of carbonyl (C=O) groups excluding carboxylic acids is 2. The molecule has 2 rings (SSSR count). The fraction of sp³-hybridized carbons (Fsp3) is 0.333. The number of hydrogen-bond acceptors (Lipinski definition) is 2. The molecule has 2 aromatic rings. The summed E-state index contributed by atoms with van der Waals surface area (Å²) in [6, 6.07) is 7.48. The standard InChI is InChI=1S/C15H19N3O2/c1-3-8-18(10-14(19)16-2)15(20)12-5-4-11-6-7-17-13(11)9-12/h4-7,9,17H,3,8,10H2,1-2H3,(H,16,19). The molecule has 0 saturated heterocycles. The molecule has 0 fully saturated rings. The second kappa shape index (κ2) is 6.23. The second-order valence-corrected chi connectivity index (χ2v) is 4.68. The van der Waals surface area contributed by atoms with Gasteiger partial charge in [0.2, 0.25) is 5.91 Å². The van der Waals surface area contributed by atoms with Gasteiger partial charge < -0.3 is 15.2 Å². The molecule has 20 heavy (non-hydrogen) atoms. The summed E-state index contributed by atoms with van der Waals surface area (Å²) in [6.45, 7) is 2.64. The van der Waals surface area contributed by atoms with Gasteiger partial charge in [0.1, 0.15) is 0 Å². The number of hydrogen-bond donors (Lipinski definition) is 2. The van der Waals surface area contributed by atoms with Crippen molar-refractivity contribution in [1.29, 1.82) is 0 Å². The molecule has 0 aliphatic heterocycles. The molecule has 0 atom stereocenters. The fourth-order valence-electron chi connectivity index (χ4n) is 2.14. The Kier molecular flexibility index (Phi) is 4.40. The minimum atomic E-state index is -0.159. The van der Waals surface area contributed by atoms with E-state index in [-0.39, 0.29) is 18.4 Å². The van der Waals surface area contributed by atoms with Crippen LogP contribution in [0.2, 0.25) is 0 Å². The molecule has 1 heterocycles. The van der Waals surface area contributed by atoms with Gasteiger partial charge in [-0.05, 0) is 30.0 Å². The molecule has 0 spiro atoms. The summed E-state index contributed by atoms with van der Waals surface area (Å²) in [4.78, 5) is 28.6. The van der Waals surface area contributed by atoms with Crippen LogP contribution in [0.25, 0.3) is 10.9 Å². The van der Waals surface area contributed by atoms with E-state index >= 15 is 0 Å². The van der Waals surface area contributed by atoms with E-state index in [2.05, 4.69) is 10.3 Å². The van der Waals surface area contributed by atoms with Crippen molar-refractivity contribution < 1.29 is 9.59 Å². The summed E-state index contributed by atoms with van der Waals surface area (Å²) in [5, 5.41) is 3.61. The first-order valence-electron chi connectivity index (χ1n) is 6.72. The number of H-pyrrole nitrogens is 1. The highest BCUT2D eigenvalue weighted by atomic mass is 16.2. The molecule has 106 valence electrons. The van der Waals surface area contributed by atoms with E-state index in [4.69, 9.17) is 0 Å². The van der Waals surface area contributed by atoms with E-state index < -0.39 is 0 Å². The largest absolute Gasteiger partial charge is 0.361 e. The Hall–Kier alpha value is -2.30. The predicted octanol–water partition coefficient (Wildman–Crippen LogP) is 1.77. The van der Waals surface area contributed by atoms with Crippen LogP contribution in [0, 0.1) is 0 Å². The molecule has 0 bridgehead atoms. The van der Waals surface area contributed by atoms with E-state index in [9.17, 15) is 9.59 Å². The lowest BCUT2D eigenvalue weighted by molar-refractivity contribution is -0.121. The highest BCUT2D eigenvalue weighted by Crippen LogP contribution is 2.15. The Bertz CT molecular complexity index is 618. The summed E-state index contributed by atoms with van der Waals surface area (Å²) < 4.78 is 0. The zero-order valence-electron chi connectivity index (χ0n) is 11.8. The fourth-order valence-corrected chi connectivity index (χ4v) is 2.14. The number of carbonyl (C=O) groups is 2. The van der Waals surface area contributed by atoms with Crippen molar-refractivity contribution in [3.05, 3.63) is 36.0 Å². The minimum Gasteiger partial charge on any atom is -0.361 e. The van der Waals surface area contributed by atoms with Crippen LogP contribution in [0.5, 0.6) is 0 Å². The van der Waals surface area contributed by atoms with Gasteiger partial charge in [-0.1, -0.05) is 13.0 Å². The van der Waals surface area contributed by atoms with Crippen LogP contribution in [0.4, 0.5) is 0 Å². The second-order valence-electron chi connectivity index (χ2n) is 4.68. The van der Waals surface area contributed by atoms with Crippen molar-refractivity contribution in [2.75, 3.05) is 20.1 Å². The Morgan fingerprint density at radius 2 is 2.10 bits per heavy atom. The molecule has 0 aliphatic carbocycles. The van der Waals surface area contributed by atoms with E-state index in [0.29, 0.717) is 12.1 Å². The Labute approximate surface area is 118 Å². The molecule has 5 nitrogen and oxygen atoms in total. The molecule has 1 aromatic carbocycles. The SMILES string of the molecule is CCCN(CC(=O)NC)C(=O)c1ccc2cc[nH]c2c1. The zero-order valence-corrected chi connectivity index (χ0v) is 11.8. The Morgan fingerprint density at radius 1 is 1.30 bits per heavy atom. The summed E-state index contributed by atoms with van der Waals surface area (Å²) in [5.74, 6) is -0.278. The van der Waals surface area contributed by atoms with E-state index in [1.807, 2.05) is 31.3 Å². The van der Waals surface area contributed by atoms with Crippen LogP contribution in [-0.4, -0.2) is 41.8 Å². The average molecular weight is 273 g/mol. The van der Waals surface area contributed by atoms with Crippen molar-refractivity contribution in [2.45, 2.75) is 13.3 Å². The molecule has 2 N–H and O–H groups in total. The van der Waals surface area contributed by atoms with Gasteiger partial charge in [-0.25, -0.2) is 0 Å². The highest BCUT2D eigenvalue weighted by Gasteiger charge is 2.17. The van der Waals surface area contributed by atoms with Gasteiger partial charge in [-0.2, -0.15) is 0 Å². The highest BCUT2D eigenvalue weighted by molar-refractivity contribution is 5.99.